The van der Waals surface area contributed by atoms with E-state index in [1.165, 1.54) is 0 Å². The molecule has 0 aromatic heterocycles. The van der Waals surface area contributed by atoms with Crippen molar-refractivity contribution in [1.82, 2.24) is 4.90 Å². The largest absolute Gasteiger partial charge is 0.444 e. The van der Waals surface area contributed by atoms with Gasteiger partial charge in [0.25, 0.3) is 0 Å². The van der Waals surface area contributed by atoms with E-state index in [1.54, 1.807) is 4.90 Å². The van der Waals surface area contributed by atoms with Crippen molar-refractivity contribution in [3.8, 4) is 0 Å². The minimum Gasteiger partial charge on any atom is -0.444 e. The molecule has 5 heteroatoms. The number of carbonyl (C=O) groups excluding carboxylic acids is 1. The predicted molar refractivity (Wildman–Crippen MR) is 79.6 cm³/mol. The van der Waals surface area contributed by atoms with Gasteiger partial charge in [-0.25, -0.2) is 4.79 Å². The van der Waals surface area contributed by atoms with Gasteiger partial charge in [-0.1, -0.05) is 23.7 Å². The molecule has 0 saturated carbocycles. The van der Waals surface area contributed by atoms with E-state index in [4.69, 9.17) is 22.1 Å². The number of hydrogen-bond donors (Lipinski definition) is 1. The third kappa shape index (κ3) is 3.44. The predicted octanol–water partition coefficient (Wildman–Crippen LogP) is 3.48. The molecule has 20 heavy (non-hydrogen) atoms. The highest BCUT2D eigenvalue weighted by Gasteiger charge is 2.27. The molecule has 4 nitrogen and oxygen atoms in total. The second-order valence-electron chi connectivity index (χ2n) is 6.10. The molecule has 0 fully saturated rings. The molecule has 1 amide bonds. The summed E-state index contributed by atoms with van der Waals surface area (Å²) in [6.45, 7) is 6.58. The Bertz CT molecular complexity index is 511. The number of halogens is 1. The van der Waals surface area contributed by atoms with E-state index < -0.39 is 5.60 Å². The summed E-state index contributed by atoms with van der Waals surface area (Å²) in [5.74, 6) is 0. The molecule has 0 spiro atoms. The maximum absolute atomic E-state index is 12.2. The summed E-state index contributed by atoms with van der Waals surface area (Å²) in [6.07, 6.45) is 0.379. The molecule has 0 unspecified atom stereocenters. The third-order valence-electron chi connectivity index (χ3n) is 3.27. The van der Waals surface area contributed by atoms with Crippen LogP contribution in [0.5, 0.6) is 0 Å². The van der Waals surface area contributed by atoms with E-state index in [-0.39, 0.29) is 12.1 Å². The van der Waals surface area contributed by atoms with Crippen LogP contribution in [0.15, 0.2) is 18.2 Å². The van der Waals surface area contributed by atoms with Gasteiger partial charge in [-0.15, -0.1) is 0 Å². The number of nitrogens with two attached hydrogens (primary N) is 1. The van der Waals surface area contributed by atoms with Crippen molar-refractivity contribution >= 4 is 17.7 Å². The van der Waals surface area contributed by atoms with Crippen molar-refractivity contribution in [1.29, 1.82) is 0 Å². The zero-order valence-electron chi connectivity index (χ0n) is 12.1. The first-order valence-electron chi connectivity index (χ1n) is 6.79. The van der Waals surface area contributed by atoms with Gasteiger partial charge in [0, 0.05) is 17.6 Å². The van der Waals surface area contributed by atoms with E-state index in [2.05, 4.69) is 0 Å². The second kappa shape index (κ2) is 5.62. The molecule has 0 radical (unpaired) electrons. The van der Waals surface area contributed by atoms with E-state index in [0.29, 0.717) is 24.5 Å². The smallest absolute Gasteiger partial charge is 0.410 e. The van der Waals surface area contributed by atoms with Gasteiger partial charge in [0.05, 0.1) is 6.54 Å². The lowest BCUT2D eigenvalue weighted by Gasteiger charge is -2.26. The summed E-state index contributed by atoms with van der Waals surface area (Å²) in [6, 6.07) is 5.59. The van der Waals surface area contributed by atoms with Gasteiger partial charge in [0.1, 0.15) is 5.60 Å². The first-order valence-corrected chi connectivity index (χ1v) is 7.16. The number of nitrogens with zero attached hydrogens (tertiary/aromatic N) is 1. The highest BCUT2D eigenvalue weighted by Crippen LogP contribution is 2.30. The molecular weight excluding hydrogens is 276 g/mol. The minimum absolute atomic E-state index is 0.101. The normalized spacial score (nSPS) is 19.2. The maximum atomic E-state index is 12.2. The number of amides is 1. The average Bonchev–Trinajstić information content (AvgIpc) is 2.49. The second-order valence-corrected chi connectivity index (χ2v) is 6.51. The Kier molecular flexibility index (Phi) is 4.25. The third-order valence-corrected chi connectivity index (χ3v) is 3.62. The standard InChI is InChI=1S/C15H21ClN2O2/c1-15(2,3)20-14(19)18-8-7-13(17)10-5-4-6-12(16)11(10)9-18/h4-6,13H,7-9,17H2,1-3H3/t13-/m1/s1. The van der Waals surface area contributed by atoms with Crippen LogP contribution in [0, 0.1) is 0 Å². The van der Waals surface area contributed by atoms with Gasteiger partial charge < -0.3 is 15.4 Å². The Morgan fingerprint density at radius 2 is 2.15 bits per heavy atom. The average molecular weight is 297 g/mol. The van der Waals surface area contributed by atoms with Crippen molar-refractivity contribution in [3.63, 3.8) is 0 Å². The number of benzene rings is 1. The maximum Gasteiger partial charge on any atom is 0.410 e. The molecule has 1 aromatic rings. The summed E-state index contributed by atoms with van der Waals surface area (Å²) in [7, 11) is 0. The van der Waals surface area contributed by atoms with Crippen molar-refractivity contribution in [2.75, 3.05) is 6.54 Å². The van der Waals surface area contributed by atoms with E-state index in [9.17, 15) is 4.79 Å². The fourth-order valence-corrected chi connectivity index (χ4v) is 2.53. The molecule has 0 saturated heterocycles. The Morgan fingerprint density at radius 3 is 2.80 bits per heavy atom. The van der Waals surface area contributed by atoms with Crippen LogP contribution in [0.25, 0.3) is 0 Å². The molecule has 1 aliphatic heterocycles. The number of rotatable bonds is 0. The van der Waals surface area contributed by atoms with Crippen molar-refractivity contribution in [2.24, 2.45) is 5.73 Å². The molecule has 1 atom stereocenters. The summed E-state index contributed by atoms with van der Waals surface area (Å²) in [5.41, 5.74) is 7.60. The molecule has 0 bridgehead atoms. The van der Waals surface area contributed by atoms with Gasteiger partial charge in [0.2, 0.25) is 0 Å². The van der Waals surface area contributed by atoms with Gasteiger partial charge in [-0.3, -0.25) is 0 Å². The van der Waals surface area contributed by atoms with Gasteiger partial charge in [-0.2, -0.15) is 0 Å². The Balaban J connectivity index is 2.24. The quantitative estimate of drug-likeness (QED) is 0.797. The molecule has 110 valence electrons. The molecule has 1 aliphatic rings. The number of ether oxygens (including phenoxy) is 1. The topological polar surface area (TPSA) is 55.6 Å². The first-order chi connectivity index (χ1) is 9.28. The highest BCUT2D eigenvalue weighted by atomic mass is 35.5. The lowest BCUT2D eigenvalue weighted by atomic mass is 10.0. The van der Waals surface area contributed by atoms with E-state index in [1.807, 2.05) is 39.0 Å². The molecule has 2 N–H and O–H groups in total. The number of hydrogen-bond acceptors (Lipinski definition) is 3. The van der Waals surface area contributed by atoms with Gasteiger partial charge in [-0.05, 0) is 44.4 Å². The fourth-order valence-electron chi connectivity index (χ4n) is 2.29. The monoisotopic (exact) mass is 296 g/mol. The van der Waals surface area contributed by atoms with Crippen LogP contribution in [-0.2, 0) is 11.3 Å². The van der Waals surface area contributed by atoms with Crippen LogP contribution >= 0.6 is 11.6 Å². The zero-order chi connectivity index (χ0) is 14.9. The van der Waals surface area contributed by atoms with E-state index >= 15 is 0 Å². The Morgan fingerprint density at radius 1 is 1.45 bits per heavy atom. The molecule has 1 heterocycles. The number of fused-ring (bicyclic) bond motifs is 1. The zero-order valence-corrected chi connectivity index (χ0v) is 12.9. The Hall–Kier alpha value is -1.26. The van der Waals surface area contributed by atoms with Crippen LogP contribution in [-0.4, -0.2) is 23.1 Å². The SMILES string of the molecule is CC(C)(C)OC(=O)N1CC[C@@H](N)c2cccc(Cl)c2C1. The fraction of sp³-hybridized carbons (Fsp3) is 0.533. The molecule has 2 rings (SSSR count). The highest BCUT2D eigenvalue weighted by molar-refractivity contribution is 6.31. The summed E-state index contributed by atoms with van der Waals surface area (Å²) >= 11 is 6.25. The molecule has 0 aliphatic carbocycles. The molecular formula is C15H21ClN2O2. The number of carbonyl (C=O) groups is 1. The summed E-state index contributed by atoms with van der Waals surface area (Å²) in [5, 5.41) is 0.647. The van der Waals surface area contributed by atoms with Crippen LogP contribution < -0.4 is 5.73 Å². The van der Waals surface area contributed by atoms with Gasteiger partial charge >= 0.3 is 6.09 Å². The minimum atomic E-state index is -0.505. The Labute approximate surface area is 124 Å². The van der Waals surface area contributed by atoms with Crippen LogP contribution in [0.2, 0.25) is 5.02 Å². The van der Waals surface area contributed by atoms with Crippen molar-refractivity contribution in [2.45, 2.75) is 45.4 Å². The summed E-state index contributed by atoms with van der Waals surface area (Å²) < 4.78 is 5.43. The lowest BCUT2D eigenvalue weighted by molar-refractivity contribution is 0.0235. The first kappa shape index (κ1) is 15.1. The van der Waals surface area contributed by atoms with Crippen molar-refractivity contribution in [3.05, 3.63) is 34.3 Å². The van der Waals surface area contributed by atoms with E-state index in [0.717, 1.165) is 11.1 Å². The van der Waals surface area contributed by atoms with Crippen LogP contribution in [0.3, 0.4) is 0 Å². The summed E-state index contributed by atoms with van der Waals surface area (Å²) in [4.78, 5) is 13.9. The van der Waals surface area contributed by atoms with Crippen LogP contribution in [0.1, 0.15) is 44.4 Å². The molecule has 1 aromatic carbocycles. The van der Waals surface area contributed by atoms with Gasteiger partial charge in [0.15, 0.2) is 0 Å². The van der Waals surface area contributed by atoms with Crippen LogP contribution in [0.4, 0.5) is 4.79 Å². The van der Waals surface area contributed by atoms with Crippen molar-refractivity contribution < 1.29 is 9.53 Å². The lowest BCUT2D eigenvalue weighted by Crippen LogP contribution is -2.36.